The van der Waals surface area contributed by atoms with Gasteiger partial charge in [0, 0.05) is 18.3 Å². The fraction of sp³-hybridized carbons (Fsp3) is 0.450. The van der Waals surface area contributed by atoms with Crippen molar-refractivity contribution in [1.82, 2.24) is 15.3 Å². The van der Waals surface area contributed by atoms with Gasteiger partial charge in [-0.25, -0.2) is 9.78 Å². The van der Waals surface area contributed by atoms with E-state index in [1.54, 1.807) is 6.20 Å². The predicted octanol–water partition coefficient (Wildman–Crippen LogP) is 2.61. The Labute approximate surface area is 154 Å². The third kappa shape index (κ3) is 5.44. The third-order valence-corrected chi connectivity index (χ3v) is 4.30. The average Bonchev–Trinajstić information content (AvgIpc) is 3.13. The number of hydrogen-bond acceptors (Lipinski definition) is 4. The molecule has 1 amide bonds. The first-order chi connectivity index (χ1) is 12.4. The second kappa shape index (κ2) is 9.17. The molecule has 26 heavy (non-hydrogen) atoms. The molecule has 2 aromatic rings. The van der Waals surface area contributed by atoms with Crippen LogP contribution < -0.4 is 5.32 Å². The molecule has 0 aliphatic heterocycles. The quantitative estimate of drug-likeness (QED) is 0.711. The van der Waals surface area contributed by atoms with Crippen LogP contribution in [0.2, 0.25) is 0 Å². The number of rotatable bonds is 8. The Kier molecular flexibility index (Phi) is 6.95. The number of hydrogen-bond donors (Lipinski definition) is 2. The molecule has 0 spiro atoms. The van der Waals surface area contributed by atoms with Crippen molar-refractivity contribution in [3.8, 4) is 0 Å². The summed E-state index contributed by atoms with van der Waals surface area (Å²) in [6, 6.07) is 7.31. The first-order valence-corrected chi connectivity index (χ1v) is 8.85. The fourth-order valence-corrected chi connectivity index (χ4v) is 2.81. The Morgan fingerprint density at radius 1 is 1.15 bits per heavy atom. The number of benzene rings is 1. The first kappa shape index (κ1) is 19.7. The molecule has 0 saturated heterocycles. The molecule has 2 atom stereocenters. The summed E-state index contributed by atoms with van der Waals surface area (Å²) in [5.74, 6) is -0.467. The number of H-pyrrole nitrogens is 1. The van der Waals surface area contributed by atoms with Crippen LogP contribution >= 0.6 is 0 Å². The second-order valence-corrected chi connectivity index (χ2v) is 6.93. The van der Waals surface area contributed by atoms with E-state index in [2.05, 4.69) is 41.3 Å². The lowest BCUT2D eigenvalue weighted by atomic mass is 9.96. The summed E-state index contributed by atoms with van der Waals surface area (Å²) in [5.41, 5.74) is 2.93. The Morgan fingerprint density at radius 3 is 2.38 bits per heavy atom. The number of amides is 1. The van der Waals surface area contributed by atoms with Crippen molar-refractivity contribution in [2.24, 2.45) is 5.92 Å². The minimum Gasteiger partial charge on any atom is -0.467 e. The number of aromatic amines is 1. The van der Waals surface area contributed by atoms with E-state index in [9.17, 15) is 9.59 Å². The monoisotopic (exact) mass is 357 g/mol. The van der Waals surface area contributed by atoms with E-state index >= 15 is 0 Å². The lowest BCUT2D eigenvalue weighted by Crippen LogP contribution is -2.44. The van der Waals surface area contributed by atoms with Crippen molar-refractivity contribution in [1.29, 1.82) is 0 Å². The summed E-state index contributed by atoms with van der Waals surface area (Å²) in [4.78, 5) is 31.5. The Bertz CT molecular complexity index is 708. The maximum atomic E-state index is 12.6. The highest BCUT2D eigenvalue weighted by molar-refractivity contribution is 5.88. The molecule has 1 heterocycles. The molecule has 0 fully saturated rings. The molecule has 0 radical (unpaired) electrons. The molecule has 140 valence electrons. The number of carbonyl (C=O) groups excluding carboxylic acids is 2. The van der Waals surface area contributed by atoms with Gasteiger partial charge in [0.25, 0.3) is 0 Å². The van der Waals surface area contributed by atoms with E-state index in [0.29, 0.717) is 12.3 Å². The SMILES string of the molecule is COC(=O)[C@H](Cc1cnc[nH]1)NC(=O)C(C)c1ccc(CC(C)C)cc1. The molecule has 0 aliphatic carbocycles. The van der Waals surface area contributed by atoms with Crippen molar-refractivity contribution in [2.45, 2.75) is 45.6 Å². The summed E-state index contributed by atoms with van der Waals surface area (Å²) < 4.78 is 4.81. The van der Waals surface area contributed by atoms with Crippen LogP contribution in [0.15, 0.2) is 36.8 Å². The number of ether oxygens (including phenoxy) is 1. The van der Waals surface area contributed by atoms with Gasteiger partial charge < -0.3 is 15.0 Å². The molecule has 2 rings (SSSR count). The molecule has 0 aliphatic rings. The van der Waals surface area contributed by atoms with Gasteiger partial charge in [0.15, 0.2) is 0 Å². The largest absolute Gasteiger partial charge is 0.467 e. The molecule has 1 aromatic carbocycles. The number of carbonyl (C=O) groups is 2. The maximum absolute atomic E-state index is 12.6. The minimum atomic E-state index is -0.754. The van der Waals surface area contributed by atoms with E-state index < -0.39 is 12.0 Å². The van der Waals surface area contributed by atoms with Gasteiger partial charge in [-0.15, -0.1) is 0 Å². The standard InChI is InChI=1S/C20H27N3O3/c1-13(2)9-15-5-7-16(8-6-15)14(3)19(24)23-18(20(25)26-4)10-17-11-21-12-22-17/h5-8,11-14,18H,9-10H2,1-4H3,(H,21,22)(H,23,24)/t14?,18-/m0/s1. The Balaban J connectivity index is 2.04. The van der Waals surface area contributed by atoms with Crippen LogP contribution in [0.25, 0.3) is 0 Å². The van der Waals surface area contributed by atoms with Crippen molar-refractivity contribution < 1.29 is 14.3 Å². The molecule has 6 nitrogen and oxygen atoms in total. The minimum absolute atomic E-state index is 0.212. The highest BCUT2D eigenvalue weighted by Gasteiger charge is 2.25. The number of nitrogens with one attached hydrogen (secondary N) is 2. The van der Waals surface area contributed by atoms with Gasteiger partial charge in [-0.1, -0.05) is 38.1 Å². The zero-order valence-electron chi connectivity index (χ0n) is 15.8. The molecular formula is C20H27N3O3. The lowest BCUT2D eigenvalue weighted by Gasteiger charge is -2.19. The molecular weight excluding hydrogens is 330 g/mol. The van der Waals surface area contributed by atoms with E-state index in [1.807, 2.05) is 19.1 Å². The topological polar surface area (TPSA) is 84.1 Å². The fourth-order valence-electron chi connectivity index (χ4n) is 2.81. The summed E-state index contributed by atoms with van der Waals surface area (Å²) >= 11 is 0. The van der Waals surface area contributed by atoms with Crippen molar-refractivity contribution in [3.05, 3.63) is 53.6 Å². The van der Waals surface area contributed by atoms with Crippen molar-refractivity contribution >= 4 is 11.9 Å². The highest BCUT2D eigenvalue weighted by atomic mass is 16.5. The van der Waals surface area contributed by atoms with Gasteiger partial charge in [-0.2, -0.15) is 0 Å². The van der Waals surface area contributed by atoms with Crippen molar-refractivity contribution in [3.63, 3.8) is 0 Å². The summed E-state index contributed by atoms with van der Waals surface area (Å²) in [6.45, 7) is 6.19. The van der Waals surface area contributed by atoms with E-state index in [0.717, 1.165) is 17.7 Å². The van der Waals surface area contributed by atoms with Gasteiger partial charge in [-0.05, 0) is 30.4 Å². The third-order valence-electron chi connectivity index (χ3n) is 4.30. The molecule has 0 bridgehead atoms. The summed E-state index contributed by atoms with van der Waals surface area (Å²) in [6.07, 6.45) is 4.47. The van der Waals surface area contributed by atoms with Crippen LogP contribution in [0.4, 0.5) is 0 Å². The number of imidazole rings is 1. The summed E-state index contributed by atoms with van der Waals surface area (Å²) in [5, 5.41) is 2.79. The zero-order valence-corrected chi connectivity index (χ0v) is 15.8. The van der Waals surface area contributed by atoms with Crippen LogP contribution in [0.1, 0.15) is 43.5 Å². The van der Waals surface area contributed by atoms with Crippen LogP contribution in [0, 0.1) is 5.92 Å². The number of esters is 1. The molecule has 0 saturated carbocycles. The van der Waals surface area contributed by atoms with Crippen LogP contribution in [0.5, 0.6) is 0 Å². The van der Waals surface area contributed by atoms with E-state index in [4.69, 9.17) is 4.74 Å². The first-order valence-electron chi connectivity index (χ1n) is 8.85. The van der Waals surface area contributed by atoms with Gasteiger partial charge in [0.05, 0.1) is 19.4 Å². The Morgan fingerprint density at radius 2 is 1.85 bits per heavy atom. The summed E-state index contributed by atoms with van der Waals surface area (Å²) in [7, 11) is 1.31. The number of nitrogens with zero attached hydrogens (tertiary/aromatic N) is 1. The van der Waals surface area contributed by atoms with Gasteiger partial charge in [0.2, 0.25) is 5.91 Å². The second-order valence-electron chi connectivity index (χ2n) is 6.93. The zero-order chi connectivity index (χ0) is 19.1. The number of aromatic nitrogens is 2. The van der Waals surface area contributed by atoms with E-state index in [1.165, 1.54) is 19.0 Å². The van der Waals surface area contributed by atoms with Crippen LogP contribution in [-0.4, -0.2) is 35.0 Å². The van der Waals surface area contributed by atoms with E-state index in [-0.39, 0.29) is 11.8 Å². The Hall–Kier alpha value is -2.63. The molecule has 6 heteroatoms. The number of methoxy groups -OCH3 is 1. The predicted molar refractivity (Wildman–Crippen MR) is 99.6 cm³/mol. The van der Waals surface area contributed by atoms with Gasteiger partial charge in [-0.3, -0.25) is 4.79 Å². The smallest absolute Gasteiger partial charge is 0.328 e. The maximum Gasteiger partial charge on any atom is 0.328 e. The average molecular weight is 357 g/mol. The molecule has 1 unspecified atom stereocenters. The normalized spacial score (nSPS) is 13.3. The molecule has 1 aromatic heterocycles. The van der Waals surface area contributed by atoms with Gasteiger partial charge >= 0.3 is 5.97 Å². The van der Waals surface area contributed by atoms with Gasteiger partial charge in [0.1, 0.15) is 6.04 Å². The lowest BCUT2D eigenvalue weighted by molar-refractivity contribution is -0.145. The highest BCUT2D eigenvalue weighted by Crippen LogP contribution is 2.18. The van der Waals surface area contributed by atoms with Crippen molar-refractivity contribution in [2.75, 3.05) is 7.11 Å². The van der Waals surface area contributed by atoms with Crippen LogP contribution in [-0.2, 0) is 27.2 Å². The van der Waals surface area contributed by atoms with Crippen LogP contribution in [0.3, 0.4) is 0 Å². The molecule has 2 N–H and O–H groups in total.